The van der Waals surface area contributed by atoms with Crippen molar-refractivity contribution in [3.05, 3.63) is 59.2 Å². The van der Waals surface area contributed by atoms with Crippen LogP contribution in [0.2, 0.25) is 0 Å². The average Bonchev–Trinajstić information content (AvgIpc) is 2.56. The maximum absolute atomic E-state index is 12.5. The molecule has 0 aromatic heterocycles. The van der Waals surface area contributed by atoms with Gasteiger partial charge in [-0.3, -0.25) is 9.52 Å². The number of nitrogens with one attached hydrogen (secondary N) is 2. The molecule has 0 aliphatic heterocycles. The Balaban J connectivity index is 2.19. The number of sulfonamides is 1. The van der Waals surface area contributed by atoms with Crippen LogP contribution in [-0.2, 0) is 10.0 Å². The third kappa shape index (κ3) is 4.85. The summed E-state index contributed by atoms with van der Waals surface area (Å²) in [6.07, 6.45) is 0. The van der Waals surface area contributed by atoms with Gasteiger partial charge < -0.3 is 5.32 Å². The summed E-state index contributed by atoms with van der Waals surface area (Å²) >= 11 is 0. The normalized spacial score (nSPS) is 12.7. The Kier molecular flexibility index (Phi) is 6.08. The van der Waals surface area contributed by atoms with Crippen LogP contribution in [-0.4, -0.2) is 20.4 Å². The van der Waals surface area contributed by atoms with Crippen LogP contribution in [0, 0.1) is 19.8 Å². The maximum Gasteiger partial charge on any atom is 0.261 e. The van der Waals surface area contributed by atoms with Crippen LogP contribution >= 0.6 is 0 Å². The topological polar surface area (TPSA) is 75.3 Å². The fourth-order valence-corrected chi connectivity index (χ4v) is 3.43. The molecule has 1 atom stereocenters. The molecule has 2 rings (SSSR count). The lowest BCUT2D eigenvalue weighted by Crippen LogP contribution is -2.36. The van der Waals surface area contributed by atoms with Gasteiger partial charge in [-0.25, -0.2) is 8.42 Å². The van der Waals surface area contributed by atoms with Crippen molar-refractivity contribution in [2.24, 2.45) is 5.92 Å². The van der Waals surface area contributed by atoms with Crippen molar-refractivity contribution in [3.63, 3.8) is 0 Å². The molecule has 2 N–H and O–H groups in total. The number of hydrogen-bond donors (Lipinski definition) is 2. The number of carbonyl (C=O) groups is 1. The van der Waals surface area contributed by atoms with Gasteiger partial charge in [-0.2, -0.15) is 0 Å². The Hall–Kier alpha value is -2.34. The Morgan fingerprint density at radius 3 is 2.12 bits per heavy atom. The summed E-state index contributed by atoms with van der Waals surface area (Å²) in [7, 11) is -3.67. The van der Waals surface area contributed by atoms with E-state index in [-0.39, 0.29) is 16.8 Å². The predicted octanol–water partition coefficient (Wildman–Crippen LogP) is 3.88. The smallest absolute Gasteiger partial charge is 0.261 e. The van der Waals surface area contributed by atoms with Gasteiger partial charge in [0.05, 0.1) is 10.6 Å². The number of anilines is 1. The van der Waals surface area contributed by atoms with Crippen LogP contribution in [0.4, 0.5) is 5.69 Å². The summed E-state index contributed by atoms with van der Waals surface area (Å²) < 4.78 is 27.6. The molecule has 5 nitrogen and oxygen atoms in total. The molecule has 140 valence electrons. The zero-order valence-electron chi connectivity index (χ0n) is 15.8. The van der Waals surface area contributed by atoms with Crippen LogP contribution in [0.15, 0.2) is 47.4 Å². The van der Waals surface area contributed by atoms with E-state index in [1.807, 2.05) is 27.7 Å². The van der Waals surface area contributed by atoms with Gasteiger partial charge in [0.25, 0.3) is 15.9 Å². The van der Waals surface area contributed by atoms with Crippen LogP contribution in [0.25, 0.3) is 0 Å². The van der Waals surface area contributed by atoms with Crippen LogP contribution in [0.5, 0.6) is 0 Å². The van der Waals surface area contributed by atoms with E-state index >= 15 is 0 Å². The molecule has 0 bridgehead atoms. The number of rotatable bonds is 6. The monoisotopic (exact) mass is 374 g/mol. The lowest BCUT2D eigenvalue weighted by atomic mass is 10.0. The summed E-state index contributed by atoms with van der Waals surface area (Å²) in [6, 6.07) is 11.6. The Morgan fingerprint density at radius 2 is 1.58 bits per heavy atom. The number of aryl methyl sites for hydroxylation is 2. The van der Waals surface area contributed by atoms with Gasteiger partial charge in [0.2, 0.25) is 0 Å². The molecule has 0 fully saturated rings. The highest BCUT2D eigenvalue weighted by Gasteiger charge is 2.17. The van der Waals surface area contributed by atoms with E-state index in [2.05, 4.69) is 10.0 Å². The first-order valence-corrected chi connectivity index (χ1v) is 10.1. The molecule has 1 amide bonds. The first kappa shape index (κ1) is 20.0. The lowest BCUT2D eigenvalue weighted by Gasteiger charge is -2.18. The molecule has 0 radical (unpaired) electrons. The molecule has 2 aromatic rings. The van der Waals surface area contributed by atoms with Crippen molar-refractivity contribution >= 4 is 21.6 Å². The van der Waals surface area contributed by atoms with E-state index in [4.69, 9.17) is 0 Å². The molecule has 6 heteroatoms. The number of benzene rings is 2. The van der Waals surface area contributed by atoms with Gasteiger partial charge in [0.15, 0.2) is 0 Å². The van der Waals surface area contributed by atoms with Gasteiger partial charge in [-0.1, -0.05) is 31.5 Å². The molecule has 26 heavy (non-hydrogen) atoms. The van der Waals surface area contributed by atoms with E-state index in [0.717, 1.165) is 5.56 Å². The summed E-state index contributed by atoms with van der Waals surface area (Å²) in [5.74, 6) is 0.169. The van der Waals surface area contributed by atoms with Crippen LogP contribution < -0.4 is 10.0 Å². The highest BCUT2D eigenvalue weighted by atomic mass is 32.2. The first-order valence-electron chi connectivity index (χ1n) is 8.61. The van der Waals surface area contributed by atoms with Crippen LogP contribution in [0.1, 0.15) is 42.3 Å². The van der Waals surface area contributed by atoms with Crippen molar-refractivity contribution < 1.29 is 13.2 Å². The van der Waals surface area contributed by atoms with Crippen molar-refractivity contribution in [1.82, 2.24) is 5.32 Å². The predicted molar refractivity (Wildman–Crippen MR) is 105 cm³/mol. The van der Waals surface area contributed by atoms with E-state index in [9.17, 15) is 13.2 Å². The summed E-state index contributed by atoms with van der Waals surface area (Å²) in [4.78, 5) is 12.5. The third-order valence-electron chi connectivity index (χ3n) is 4.42. The number of carbonyl (C=O) groups excluding carboxylic acids is 1. The van der Waals surface area contributed by atoms with Gasteiger partial charge >= 0.3 is 0 Å². The second-order valence-corrected chi connectivity index (χ2v) is 8.64. The summed E-state index contributed by atoms with van der Waals surface area (Å²) in [5.41, 5.74) is 2.64. The highest BCUT2D eigenvalue weighted by Crippen LogP contribution is 2.21. The molecule has 0 aliphatic carbocycles. The quantitative estimate of drug-likeness (QED) is 0.806. The van der Waals surface area contributed by atoms with Crippen molar-refractivity contribution in [1.29, 1.82) is 0 Å². The number of amides is 1. The third-order valence-corrected chi connectivity index (χ3v) is 5.80. The molecule has 2 aromatic carbocycles. The molecule has 0 spiro atoms. The van der Waals surface area contributed by atoms with Gasteiger partial charge in [-0.15, -0.1) is 0 Å². The van der Waals surface area contributed by atoms with E-state index in [1.54, 1.807) is 49.4 Å². The van der Waals surface area contributed by atoms with Crippen molar-refractivity contribution in [2.75, 3.05) is 4.72 Å². The average molecular weight is 375 g/mol. The standard InChI is InChI=1S/C20H26N2O3S/c1-13(2)16(5)21-20(23)17-8-11-19(15(4)12-17)22-26(24,25)18-9-6-14(3)7-10-18/h6-13,16,22H,1-5H3,(H,21,23). The minimum absolute atomic E-state index is 0.0579. The molecule has 0 aliphatic rings. The van der Waals surface area contributed by atoms with Gasteiger partial charge in [0.1, 0.15) is 0 Å². The summed E-state index contributed by atoms with van der Waals surface area (Å²) in [6.45, 7) is 9.71. The maximum atomic E-state index is 12.5. The van der Waals surface area contributed by atoms with E-state index < -0.39 is 10.0 Å². The lowest BCUT2D eigenvalue weighted by molar-refractivity contribution is 0.0930. The van der Waals surface area contributed by atoms with Crippen LogP contribution in [0.3, 0.4) is 0 Å². The van der Waals surface area contributed by atoms with Crippen molar-refractivity contribution in [2.45, 2.75) is 45.6 Å². The molecule has 0 saturated carbocycles. The fourth-order valence-electron chi connectivity index (χ4n) is 2.30. The zero-order chi connectivity index (χ0) is 19.5. The second kappa shape index (κ2) is 7.91. The van der Waals surface area contributed by atoms with Gasteiger partial charge in [-0.05, 0) is 62.6 Å². The molecular weight excluding hydrogens is 348 g/mol. The molecule has 0 heterocycles. The van der Waals surface area contributed by atoms with E-state index in [0.29, 0.717) is 22.7 Å². The van der Waals surface area contributed by atoms with Crippen molar-refractivity contribution in [3.8, 4) is 0 Å². The largest absolute Gasteiger partial charge is 0.349 e. The fraction of sp³-hybridized carbons (Fsp3) is 0.350. The molecule has 1 unspecified atom stereocenters. The zero-order valence-corrected chi connectivity index (χ0v) is 16.6. The summed E-state index contributed by atoms with van der Waals surface area (Å²) in [5, 5.41) is 2.94. The second-order valence-electron chi connectivity index (χ2n) is 6.95. The first-order chi connectivity index (χ1) is 12.1. The minimum Gasteiger partial charge on any atom is -0.349 e. The SMILES string of the molecule is Cc1ccc(S(=O)(=O)Nc2ccc(C(=O)NC(C)C(C)C)cc2C)cc1. The molecular formula is C20H26N2O3S. The minimum atomic E-state index is -3.67. The Bertz CT molecular complexity index is 888. The number of hydrogen-bond acceptors (Lipinski definition) is 3. The Labute approximate surface area is 155 Å². The Morgan fingerprint density at radius 1 is 0.962 bits per heavy atom. The van der Waals surface area contributed by atoms with Gasteiger partial charge in [0, 0.05) is 11.6 Å². The van der Waals surface area contributed by atoms with E-state index in [1.165, 1.54) is 0 Å². The highest BCUT2D eigenvalue weighted by molar-refractivity contribution is 7.92. The molecule has 0 saturated heterocycles.